The van der Waals surface area contributed by atoms with Crippen molar-refractivity contribution in [2.75, 3.05) is 6.61 Å². The number of rotatable bonds is 8. The molecular weight excluding hydrogens is 378 g/mol. The van der Waals surface area contributed by atoms with E-state index in [9.17, 15) is 19.7 Å². The Bertz CT molecular complexity index is 1060. The fourth-order valence-corrected chi connectivity index (χ4v) is 2.46. The number of non-ortho nitro benzene ring substituents is 1. The molecule has 146 valence electrons. The fourth-order valence-electron chi connectivity index (χ4n) is 2.46. The van der Waals surface area contributed by atoms with Crippen molar-refractivity contribution in [2.24, 2.45) is 0 Å². The van der Waals surface area contributed by atoms with E-state index in [1.807, 2.05) is 0 Å². The van der Waals surface area contributed by atoms with Gasteiger partial charge in [0, 0.05) is 23.3 Å². The van der Waals surface area contributed by atoms with Crippen LogP contribution in [-0.4, -0.2) is 28.4 Å². The van der Waals surface area contributed by atoms with Crippen molar-refractivity contribution < 1.29 is 28.8 Å². The molecule has 0 amide bonds. The van der Waals surface area contributed by atoms with E-state index in [4.69, 9.17) is 14.3 Å². The van der Waals surface area contributed by atoms with Gasteiger partial charge in [0.25, 0.3) is 5.69 Å². The number of nitro groups is 1. The number of aliphatic carboxylic acids is 1. The highest BCUT2D eigenvalue weighted by molar-refractivity contribution is 6.06. The number of hydrogen-bond donors (Lipinski definition) is 1. The summed E-state index contributed by atoms with van der Waals surface area (Å²) in [5.41, 5.74) is 1.08. The highest BCUT2D eigenvalue weighted by Crippen LogP contribution is 2.25. The third-order valence-electron chi connectivity index (χ3n) is 3.89. The van der Waals surface area contributed by atoms with Gasteiger partial charge in [0.15, 0.2) is 12.4 Å². The van der Waals surface area contributed by atoms with Crippen LogP contribution < -0.4 is 4.74 Å². The van der Waals surface area contributed by atoms with Crippen LogP contribution in [0.5, 0.6) is 5.75 Å². The highest BCUT2D eigenvalue weighted by atomic mass is 16.6. The second-order valence-electron chi connectivity index (χ2n) is 5.91. The van der Waals surface area contributed by atoms with Gasteiger partial charge in [-0.3, -0.25) is 14.9 Å². The molecule has 0 bridgehead atoms. The van der Waals surface area contributed by atoms with E-state index in [0.717, 1.165) is 0 Å². The van der Waals surface area contributed by atoms with Crippen LogP contribution in [0.4, 0.5) is 5.69 Å². The summed E-state index contributed by atoms with van der Waals surface area (Å²) in [4.78, 5) is 33.0. The largest absolute Gasteiger partial charge is 0.482 e. The summed E-state index contributed by atoms with van der Waals surface area (Å²) in [7, 11) is 0. The Labute approximate surface area is 164 Å². The fraction of sp³-hybridized carbons (Fsp3) is 0.0476. The number of carboxylic acids is 1. The molecule has 0 aliphatic carbocycles. The second-order valence-corrected chi connectivity index (χ2v) is 5.91. The molecule has 1 aromatic heterocycles. The number of carbonyl (C=O) groups is 2. The van der Waals surface area contributed by atoms with Gasteiger partial charge < -0.3 is 14.3 Å². The Balaban J connectivity index is 1.65. The first-order chi connectivity index (χ1) is 13.9. The summed E-state index contributed by atoms with van der Waals surface area (Å²) in [6, 6.07) is 15.5. The Morgan fingerprint density at radius 1 is 1.03 bits per heavy atom. The normalized spacial score (nSPS) is 10.8. The average molecular weight is 393 g/mol. The first kappa shape index (κ1) is 19.6. The number of allylic oxidation sites excluding steroid dienone is 1. The van der Waals surface area contributed by atoms with Crippen LogP contribution in [0.1, 0.15) is 16.1 Å². The van der Waals surface area contributed by atoms with Gasteiger partial charge in [0.1, 0.15) is 17.3 Å². The zero-order valence-electron chi connectivity index (χ0n) is 15.0. The first-order valence-corrected chi connectivity index (χ1v) is 8.44. The monoisotopic (exact) mass is 393 g/mol. The van der Waals surface area contributed by atoms with E-state index in [1.165, 1.54) is 48.6 Å². The number of carbonyl (C=O) groups excluding carboxylic acids is 1. The summed E-state index contributed by atoms with van der Waals surface area (Å²) >= 11 is 0. The zero-order valence-corrected chi connectivity index (χ0v) is 15.0. The lowest BCUT2D eigenvalue weighted by Gasteiger charge is -2.03. The van der Waals surface area contributed by atoms with Gasteiger partial charge in [0.2, 0.25) is 0 Å². The van der Waals surface area contributed by atoms with E-state index in [0.29, 0.717) is 28.4 Å². The lowest BCUT2D eigenvalue weighted by Crippen LogP contribution is -2.09. The van der Waals surface area contributed by atoms with E-state index in [1.54, 1.807) is 24.3 Å². The molecule has 0 aliphatic heterocycles. The molecule has 0 aliphatic rings. The van der Waals surface area contributed by atoms with Crippen molar-refractivity contribution in [1.29, 1.82) is 0 Å². The molecule has 8 heteroatoms. The van der Waals surface area contributed by atoms with Crippen molar-refractivity contribution in [3.05, 3.63) is 88.2 Å². The van der Waals surface area contributed by atoms with Gasteiger partial charge in [-0.1, -0.05) is 0 Å². The summed E-state index contributed by atoms with van der Waals surface area (Å²) in [5, 5.41) is 19.3. The minimum absolute atomic E-state index is 0.00889. The Morgan fingerprint density at radius 2 is 1.72 bits per heavy atom. The topological polar surface area (TPSA) is 120 Å². The van der Waals surface area contributed by atoms with Crippen LogP contribution in [0, 0.1) is 10.1 Å². The molecule has 0 fully saturated rings. The molecule has 3 rings (SSSR count). The average Bonchev–Trinajstić information content (AvgIpc) is 3.20. The number of nitrogens with zero attached hydrogens (tertiary/aromatic N) is 1. The molecule has 1 heterocycles. The van der Waals surface area contributed by atoms with Gasteiger partial charge >= 0.3 is 5.97 Å². The molecule has 0 radical (unpaired) electrons. The van der Waals surface area contributed by atoms with Crippen LogP contribution in [0.2, 0.25) is 0 Å². The number of furan rings is 1. The van der Waals surface area contributed by atoms with Gasteiger partial charge in [-0.25, -0.2) is 4.79 Å². The highest BCUT2D eigenvalue weighted by Gasteiger charge is 2.08. The van der Waals surface area contributed by atoms with Crippen LogP contribution in [-0.2, 0) is 4.79 Å². The maximum atomic E-state index is 12.2. The van der Waals surface area contributed by atoms with Crippen LogP contribution in [0.15, 0.2) is 71.2 Å². The van der Waals surface area contributed by atoms with Crippen molar-refractivity contribution in [3.8, 4) is 17.1 Å². The Morgan fingerprint density at radius 3 is 2.34 bits per heavy atom. The zero-order chi connectivity index (χ0) is 20.8. The molecule has 0 atom stereocenters. The van der Waals surface area contributed by atoms with Gasteiger partial charge in [-0.15, -0.1) is 0 Å². The van der Waals surface area contributed by atoms with Crippen molar-refractivity contribution in [3.63, 3.8) is 0 Å². The number of hydrogen-bond acceptors (Lipinski definition) is 6. The molecule has 8 nitrogen and oxygen atoms in total. The molecule has 1 N–H and O–H groups in total. The summed E-state index contributed by atoms with van der Waals surface area (Å²) in [5.74, 6) is -0.0190. The van der Waals surface area contributed by atoms with Crippen molar-refractivity contribution in [1.82, 2.24) is 0 Å². The van der Waals surface area contributed by atoms with Crippen molar-refractivity contribution >= 4 is 23.5 Å². The summed E-state index contributed by atoms with van der Waals surface area (Å²) in [6.45, 7) is -0.456. The molecule has 2 aromatic carbocycles. The molecule has 0 saturated heterocycles. The Kier molecular flexibility index (Phi) is 5.84. The maximum Gasteiger partial charge on any atom is 0.341 e. The maximum absolute atomic E-state index is 12.2. The minimum atomic E-state index is -1.08. The minimum Gasteiger partial charge on any atom is -0.482 e. The predicted molar refractivity (Wildman–Crippen MR) is 104 cm³/mol. The molecular formula is C21H15NO7. The lowest BCUT2D eigenvalue weighted by molar-refractivity contribution is -0.384. The smallest absolute Gasteiger partial charge is 0.341 e. The first-order valence-electron chi connectivity index (χ1n) is 8.44. The molecule has 0 unspecified atom stereocenters. The van der Waals surface area contributed by atoms with Crippen LogP contribution >= 0.6 is 0 Å². The summed E-state index contributed by atoms with van der Waals surface area (Å²) in [6.07, 6.45) is 2.87. The number of benzene rings is 2. The van der Waals surface area contributed by atoms with Gasteiger partial charge in [0.05, 0.1) is 4.92 Å². The van der Waals surface area contributed by atoms with E-state index >= 15 is 0 Å². The quantitative estimate of drug-likeness (QED) is 0.263. The standard InChI is InChI=1S/C21H15NO7/c23-19(14-3-7-17(8-4-14)28-13-21(24)25)11-9-18-10-12-20(29-18)15-1-5-16(6-2-15)22(26)27/h1-12H,13H2,(H,24,25). The molecule has 29 heavy (non-hydrogen) atoms. The SMILES string of the molecule is O=C(O)COc1ccc(C(=O)C=Cc2ccc(-c3ccc([N+](=O)[O-])cc3)o2)cc1. The van der Waals surface area contributed by atoms with Gasteiger partial charge in [-0.2, -0.15) is 0 Å². The molecule has 0 spiro atoms. The Hall–Kier alpha value is -4.20. The van der Waals surface area contributed by atoms with Crippen LogP contribution in [0.25, 0.3) is 17.4 Å². The van der Waals surface area contributed by atoms with E-state index in [2.05, 4.69) is 0 Å². The van der Waals surface area contributed by atoms with Crippen molar-refractivity contribution in [2.45, 2.75) is 0 Å². The molecule has 3 aromatic rings. The number of ketones is 1. The second kappa shape index (κ2) is 8.66. The number of nitro benzene ring substituents is 1. The number of ether oxygens (including phenoxy) is 1. The van der Waals surface area contributed by atoms with E-state index in [-0.39, 0.29) is 11.5 Å². The molecule has 0 saturated carbocycles. The lowest BCUT2D eigenvalue weighted by atomic mass is 10.1. The van der Waals surface area contributed by atoms with E-state index < -0.39 is 17.5 Å². The predicted octanol–water partition coefficient (Wildman–Crippen LogP) is 4.21. The summed E-state index contributed by atoms with van der Waals surface area (Å²) < 4.78 is 10.7. The number of carboxylic acid groups (broad SMARTS) is 1. The van der Waals surface area contributed by atoms with Gasteiger partial charge in [-0.05, 0) is 60.7 Å². The third-order valence-corrected chi connectivity index (χ3v) is 3.89. The van der Waals surface area contributed by atoms with Crippen LogP contribution in [0.3, 0.4) is 0 Å². The third kappa shape index (κ3) is 5.16.